The number of aliphatic hydroxyl groups excluding tert-OH is 1. The summed E-state index contributed by atoms with van der Waals surface area (Å²) < 4.78 is 19.4. The monoisotopic (exact) mass is 330 g/mol. The molecule has 0 bridgehead atoms. The van der Waals surface area contributed by atoms with Crippen molar-refractivity contribution < 1.29 is 14.2 Å². The molecule has 1 fully saturated rings. The minimum absolute atomic E-state index is 0.0461. The second kappa shape index (κ2) is 8.13. The number of nitrogens with one attached hydrogen (secondary N) is 1. The van der Waals surface area contributed by atoms with Crippen molar-refractivity contribution in [1.29, 1.82) is 0 Å². The Balaban J connectivity index is 1.40. The van der Waals surface area contributed by atoms with Crippen LogP contribution in [-0.4, -0.2) is 42.3 Å². The lowest BCUT2D eigenvalue weighted by molar-refractivity contribution is 0.236. The number of para-hydroxylation sites is 1. The second-order valence-corrected chi connectivity index (χ2v) is 6.06. The SMILES string of the molecule is OCc1ccc(OCCN2CCC(Nc3ccccc3F)C2)cc1. The number of rotatable bonds is 7. The van der Waals surface area contributed by atoms with E-state index in [0.717, 1.165) is 37.4 Å². The number of halogens is 1. The molecule has 0 amide bonds. The van der Waals surface area contributed by atoms with E-state index in [0.29, 0.717) is 12.3 Å². The summed E-state index contributed by atoms with van der Waals surface area (Å²) in [5.74, 6) is 0.609. The highest BCUT2D eigenvalue weighted by Gasteiger charge is 2.22. The van der Waals surface area contributed by atoms with Gasteiger partial charge in [0.15, 0.2) is 0 Å². The molecule has 1 atom stereocenters. The van der Waals surface area contributed by atoms with Crippen molar-refractivity contribution in [2.75, 3.05) is 31.6 Å². The first-order chi connectivity index (χ1) is 11.7. The molecule has 2 N–H and O–H groups in total. The van der Waals surface area contributed by atoms with E-state index >= 15 is 0 Å². The van der Waals surface area contributed by atoms with Crippen molar-refractivity contribution >= 4 is 5.69 Å². The summed E-state index contributed by atoms with van der Waals surface area (Å²) in [5.41, 5.74) is 1.45. The van der Waals surface area contributed by atoms with Gasteiger partial charge in [-0.15, -0.1) is 0 Å². The molecule has 128 valence electrons. The average molecular weight is 330 g/mol. The maximum Gasteiger partial charge on any atom is 0.146 e. The highest BCUT2D eigenvalue weighted by Crippen LogP contribution is 2.18. The predicted octanol–water partition coefficient (Wildman–Crippen LogP) is 2.88. The number of nitrogens with zero attached hydrogens (tertiary/aromatic N) is 1. The molecular weight excluding hydrogens is 307 g/mol. The first kappa shape index (κ1) is 16.7. The zero-order chi connectivity index (χ0) is 16.8. The molecule has 1 saturated heterocycles. The Bertz CT molecular complexity index is 648. The van der Waals surface area contributed by atoms with Crippen molar-refractivity contribution in [3.63, 3.8) is 0 Å². The Kier molecular flexibility index (Phi) is 5.67. The van der Waals surface area contributed by atoms with Crippen LogP contribution in [0.1, 0.15) is 12.0 Å². The molecular formula is C19H23FN2O2. The van der Waals surface area contributed by atoms with Crippen LogP contribution in [0.4, 0.5) is 10.1 Å². The Morgan fingerprint density at radius 2 is 1.96 bits per heavy atom. The lowest BCUT2D eigenvalue weighted by Crippen LogP contribution is -2.29. The standard InChI is InChI=1S/C19H23FN2O2/c20-18-3-1-2-4-19(18)21-16-9-10-22(13-16)11-12-24-17-7-5-15(14-23)6-8-17/h1-8,16,21,23H,9-14H2. The van der Waals surface area contributed by atoms with Crippen molar-refractivity contribution in [2.45, 2.75) is 19.1 Å². The van der Waals surface area contributed by atoms with Gasteiger partial charge in [0.2, 0.25) is 0 Å². The number of ether oxygens (including phenoxy) is 1. The van der Waals surface area contributed by atoms with E-state index < -0.39 is 0 Å². The summed E-state index contributed by atoms with van der Waals surface area (Å²) in [6.45, 7) is 3.38. The van der Waals surface area contributed by atoms with Crippen molar-refractivity contribution in [3.8, 4) is 5.75 Å². The molecule has 0 radical (unpaired) electrons. The van der Waals surface area contributed by atoms with Gasteiger partial charge in [0.05, 0.1) is 12.3 Å². The third-order valence-corrected chi connectivity index (χ3v) is 4.29. The van der Waals surface area contributed by atoms with Gasteiger partial charge >= 0.3 is 0 Å². The molecule has 24 heavy (non-hydrogen) atoms. The normalized spacial score (nSPS) is 17.8. The number of likely N-dealkylation sites (tertiary alicyclic amines) is 1. The number of anilines is 1. The smallest absolute Gasteiger partial charge is 0.146 e. The molecule has 0 spiro atoms. The molecule has 1 aliphatic rings. The summed E-state index contributed by atoms with van der Waals surface area (Å²) in [6.07, 6.45) is 1.000. The first-order valence-corrected chi connectivity index (χ1v) is 8.30. The van der Waals surface area contributed by atoms with Crippen molar-refractivity contribution in [1.82, 2.24) is 4.90 Å². The van der Waals surface area contributed by atoms with Crippen LogP contribution in [0.2, 0.25) is 0 Å². The largest absolute Gasteiger partial charge is 0.492 e. The van der Waals surface area contributed by atoms with Gasteiger partial charge in [-0.25, -0.2) is 4.39 Å². The van der Waals surface area contributed by atoms with E-state index in [2.05, 4.69) is 10.2 Å². The summed E-state index contributed by atoms with van der Waals surface area (Å²) in [4.78, 5) is 2.32. The van der Waals surface area contributed by atoms with E-state index in [4.69, 9.17) is 9.84 Å². The fourth-order valence-electron chi connectivity index (χ4n) is 2.94. The van der Waals surface area contributed by atoms with Crippen LogP contribution in [0.3, 0.4) is 0 Å². The van der Waals surface area contributed by atoms with Crippen LogP contribution in [0.25, 0.3) is 0 Å². The van der Waals surface area contributed by atoms with Gasteiger partial charge in [0, 0.05) is 25.7 Å². The molecule has 4 nitrogen and oxygen atoms in total. The van der Waals surface area contributed by atoms with E-state index in [1.165, 1.54) is 6.07 Å². The van der Waals surface area contributed by atoms with Crippen molar-refractivity contribution in [3.05, 3.63) is 59.9 Å². The molecule has 3 rings (SSSR count). The quantitative estimate of drug-likeness (QED) is 0.819. The Morgan fingerprint density at radius 1 is 1.17 bits per heavy atom. The van der Waals surface area contributed by atoms with Crippen LogP contribution in [0.15, 0.2) is 48.5 Å². The van der Waals surface area contributed by atoms with E-state index in [9.17, 15) is 4.39 Å². The van der Waals surface area contributed by atoms with Gasteiger partial charge in [0.25, 0.3) is 0 Å². The van der Waals surface area contributed by atoms with Crippen molar-refractivity contribution in [2.24, 2.45) is 0 Å². The maximum atomic E-state index is 13.7. The number of hydrogen-bond donors (Lipinski definition) is 2. The highest BCUT2D eigenvalue weighted by molar-refractivity contribution is 5.45. The van der Waals surface area contributed by atoms with Gasteiger partial charge in [-0.2, -0.15) is 0 Å². The van der Waals surface area contributed by atoms with Gasteiger partial charge in [-0.1, -0.05) is 24.3 Å². The Labute approximate surface area is 141 Å². The molecule has 1 aliphatic heterocycles. The van der Waals surface area contributed by atoms with Gasteiger partial charge in [0.1, 0.15) is 18.2 Å². The molecule has 0 aliphatic carbocycles. The number of hydrogen-bond acceptors (Lipinski definition) is 4. The zero-order valence-corrected chi connectivity index (χ0v) is 13.6. The molecule has 2 aromatic rings. The molecule has 2 aromatic carbocycles. The zero-order valence-electron chi connectivity index (χ0n) is 13.6. The molecule has 0 saturated carbocycles. The lowest BCUT2D eigenvalue weighted by atomic mass is 10.2. The molecule has 0 aromatic heterocycles. The van der Waals surface area contributed by atoms with E-state index in [1.807, 2.05) is 30.3 Å². The van der Waals surface area contributed by atoms with E-state index in [1.54, 1.807) is 12.1 Å². The third kappa shape index (κ3) is 4.46. The predicted molar refractivity (Wildman–Crippen MR) is 92.7 cm³/mol. The van der Waals surface area contributed by atoms with Crippen LogP contribution in [0, 0.1) is 5.82 Å². The van der Waals surface area contributed by atoms with Crippen LogP contribution < -0.4 is 10.1 Å². The summed E-state index contributed by atoms with van der Waals surface area (Å²) >= 11 is 0. The minimum Gasteiger partial charge on any atom is -0.492 e. The molecule has 1 unspecified atom stereocenters. The summed E-state index contributed by atoms with van der Waals surface area (Å²) in [5, 5.41) is 12.3. The fraction of sp³-hybridized carbons (Fsp3) is 0.368. The van der Waals surface area contributed by atoms with Gasteiger partial charge in [-0.05, 0) is 36.2 Å². The topological polar surface area (TPSA) is 44.7 Å². The Hall–Kier alpha value is -2.11. The lowest BCUT2D eigenvalue weighted by Gasteiger charge is -2.18. The van der Waals surface area contributed by atoms with Gasteiger partial charge < -0.3 is 15.2 Å². The highest BCUT2D eigenvalue weighted by atomic mass is 19.1. The third-order valence-electron chi connectivity index (χ3n) is 4.29. The summed E-state index contributed by atoms with van der Waals surface area (Å²) in [6, 6.07) is 14.5. The second-order valence-electron chi connectivity index (χ2n) is 6.06. The maximum absolute atomic E-state index is 13.7. The van der Waals surface area contributed by atoms with Gasteiger partial charge in [-0.3, -0.25) is 4.90 Å². The fourth-order valence-corrected chi connectivity index (χ4v) is 2.94. The average Bonchev–Trinajstić information content (AvgIpc) is 3.05. The number of aliphatic hydroxyl groups is 1. The summed E-state index contributed by atoms with van der Waals surface area (Å²) in [7, 11) is 0. The first-order valence-electron chi connectivity index (χ1n) is 8.30. The van der Waals surface area contributed by atoms with Crippen LogP contribution in [-0.2, 0) is 6.61 Å². The van der Waals surface area contributed by atoms with Crippen LogP contribution >= 0.6 is 0 Å². The molecule has 1 heterocycles. The van der Waals surface area contributed by atoms with E-state index in [-0.39, 0.29) is 18.5 Å². The number of benzene rings is 2. The minimum atomic E-state index is -0.203. The molecule has 5 heteroatoms. The Morgan fingerprint density at radius 3 is 2.71 bits per heavy atom. The van der Waals surface area contributed by atoms with Crippen LogP contribution in [0.5, 0.6) is 5.75 Å².